The summed E-state index contributed by atoms with van der Waals surface area (Å²) in [5.74, 6) is 0.991. The Kier molecular flexibility index (Phi) is 4.51. The lowest BCUT2D eigenvalue weighted by Crippen LogP contribution is -2.31. The molecule has 1 aliphatic heterocycles. The Morgan fingerprint density at radius 1 is 1.31 bits per heavy atom. The van der Waals surface area contributed by atoms with Crippen molar-refractivity contribution in [3.63, 3.8) is 0 Å². The molecule has 1 aromatic carbocycles. The maximum atomic E-state index is 12.8. The molecule has 3 aromatic rings. The molecule has 134 valence electrons. The molecule has 7 heteroatoms. The molecule has 2 aromatic heterocycles. The molecule has 1 saturated heterocycles. The van der Waals surface area contributed by atoms with Crippen LogP contribution in [0.3, 0.4) is 0 Å². The number of pyridine rings is 1. The van der Waals surface area contributed by atoms with Crippen molar-refractivity contribution in [3.05, 3.63) is 48.2 Å². The molecule has 4 rings (SSSR count). The molecule has 0 bridgehead atoms. The molecule has 0 spiro atoms. The fraction of sp³-hybridized carbons (Fsp3) is 0.368. The predicted molar refractivity (Wildman–Crippen MR) is 99.6 cm³/mol. The van der Waals surface area contributed by atoms with Crippen LogP contribution in [0.5, 0.6) is 0 Å². The number of likely N-dealkylation sites (tertiary alicyclic amines) is 1. The summed E-state index contributed by atoms with van der Waals surface area (Å²) in [4.78, 5) is 19.1. The van der Waals surface area contributed by atoms with Crippen LogP contribution in [0.1, 0.15) is 30.9 Å². The van der Waals surface area contributed by atoms with E-state index in [1.54, 1.807) is 6.20 Å². The van der Waals surface area contributed by atoms with Crippen LogP contribution in [0.2, 0.25) is 0 Å². The monoisotopic (exact) mass is 350 g/mol. The minimum Gasteiger partial charge on any atom is -0.373 e. The SMILES string of the molecule is CNc1cc([C@@H]2CCCN2C(=O)CCn2nnc3ccccc32)ccn1. The van der Waals surface area contributed by atoms with Gasteiger partial charge in [0.15, 0.2) is 0 Å². The van der Waals surface area contributed by atoms with E-state index in [4.69, 9.17) is 0 Å². The summed E-state index contributed by atoms with van der Waals surface area (Å²) < 4.78 is 1.81. The number of aryl methyl sites for hydroxylation is 1. The first-order valence-electron chi connectivity index (χ1n) is 8.97. The zero-order chi connectivity index (χ0) is 17.9. The van der Waals surface area contributed by atoms with Crippen molar-refractivity contribution in [1.82, 2.24) is 24.9 Å². The first-order chi connectivity index (χ1) is 12.8. The number of carbonyl (C=O) groups is 1. The predicted octanol–water partition coefficient (Wildman–Crippen LogP) is 2.62. The van der Waals surface area contributed by atoms with Gasteiger partial charge in [0.2, 0.25) is 5.91 Å². The number of hydrogen-bond acceptors (Lipinski definition) is 5. The molecular formula is C19H22N6O. The van der Waals surface area contributed by atoms with Crippen molar-refractivity contribution in [2.45, 2.75) is 31.8 Å². The van der Waals surface area contributed by atoms with E-state index in [0.717, 1.165) is 41.8 Å². The molecule has 0 unspecified atom stereocenters. The van der Waals surface area contributed by atoms with Gasteiger partial charge in [-0.15, -0.1) is 5.10 Å². The number of nitrogens with one attached hydrogen (secondary N) is 1. The van der Waals surface area contributed by atoms with Gasteiger partial charge in [-0.2, -0.15) is 0 Å². The summed E-state index contributed by atoms with van der Waals surface area (Å²) in [6.45, 7) is 1.35. The maximum Gasteiger partial charge on any atom is 0.224 e. The second kappa shape index (κ2) is 7.11. The smallest absolute Gasteiger partial charge is 0.224 e. The van der Waals surface area contributed by atoms with Crippen LogP contribution in [0.25, 0.3) is 11.0 Å². The standard InChI is InChI=1S/C19H22N6O/c1-20-18-13-14(8-10-21-18)16-7-4-11-24(16)19(26)9-12-25-17-6-3-2-5-15(17)22-23-25/h2-3,5-6,8,10,13,16H,4,7,9,11-12H2,1H3,(H,20,21)/t16-/m0/s1. The second-order valence-electron chi connectivity index (χ2n) is 6.52. The van der Waals surface area contributed by atoms with Crippen LogP contribution in [0.15, 0.2) is 42.6 Å². The van der Waals surface area contributed by atoms with Gasteiger partial charge >= 0.3 is 0 Å². The molecule has 0 aliphatic carbocycles. The Labute approximate surface area is 152 Å². The molecule has 1 fully saturated rings. The number of anilines is 1. The summed E-state index contributed by atoms with van der Waals surface area (Å²) in [6.07, 6.45) is 4.24. The van der Waals surface area contributed by atoms with Crippen LogP contribution in [-0.2, 0) is 11.3 Å². The van der Waals surface area contributed by atoms with E-state index in [1.165, 1.54) is 0 Å². The Morgan fingerprint density at radius 2 is 2.19 bits per heavy atom. The number of benzene rings is 1. The van der Waals surface area contributed by atoms with Gasteiger partial charge in [-0.3, -0.25) is 4.79 Å². The molecule has 1 aliphatic rings. The summed E-state index contributed by atoms with van der Waals surface area (Å²) in [6, 6.07) is 12.0. The van der Waals surface area contributed by atoms with Gasteiger partial charge in [0, 0.05) is 26.2 Å². The highest BCUT2D eigenvalue weighted by atomic mass is 16.2. The third kappa shape index (κ3) is 3.12. The van der Waals surface area contributed by atoms with Crippen molar-refractivity contribution < 1.29 is 4.79 Å². The van der Waals surface area contributed by atoms with E-state index in [0.29, 0.717) is 13.0 Å². The third-order valence-electron chi connectivity index (χ3n) is 4.96. The minimum absolute atomic E-state index is 0.130. The van der Waals surface area contributed by atoms with E-state index >= 15 is 0 Å². The van der Waals surface area contributed by atoms with Gasteiger partial charge in [-0.1, -0.05) is 17.3 Å². The topological polar surface area (TPSA) is 75.9 Å². The molecule has 0 saturated carbocycles. The molecule has 3 heterocycles. The van der Waals surface area contributed by atoms with Gasteiger partial charge < -0.3 is 10.2 Å². The van der Waals surface area contributed by atoms with Gasteiger partial charge in [-0.05, 0) is 42.7 Å². The quantitative estimate of drug-likeness (QED) is 0.765. The molecule has 7 nitrogen and oxygen atoms in total. The molecule has 26 heavy (non-hydrogen) atoms. The van der Waals surface area contributed by atoms with E-state index < -0.39 is 0 Å². The van der Waals surface area contributed by atoms with Crippen molar-refractivity contribution >= 4 is 22.8 Å². The lowest BCUT2D eigenvalue weighted by Gasteiger charge is -2.25. The van der Waals surface area contributed by atoms with Crippen molar-refractivity contribution in [2.24, 2.45) is 0 Å². The zero-order valence-corrected chi connectivity index (χ0v) is 14.8. The average Bonchev–Trinajstić information content (AvgIpc) is 3.33. The zero-order valence-electron chi connectivity index (χ0n) is 14.8. The largest absolute Gasteiger partial charge is 0.373 e. The molecule has 1 amide bonds. The van der Waals surface area contributed by atoms with Crippen LogP contribution < -0.4 is 5.32 Å². The number of hydrogen-bond donors (Lipinski definition) is 1. The number of aromatic nitrogens is 4. The Morgan fingerprint density at radius 3 is 3.08 bits per heavy atom. The summed E-state index contributed by atoms with van der Waals surface area (Å²) in [5.41, 5.74) is 2.96. The molecular weight excluding hydrogens is 328 g/mol. The van der Waals surface area contributed by atoms with Crippen LogP contribution in [-0.4, -0.2) is 44.4 Å². The summed E-state index contributed by atoms with van der Waals surface area (Å²) in [7, 11) is 1.85. The van der Waals surface area contributed by atoms with Gasteiger partial charge in [0.25, 0.3) is 0 Å². The van der Waals surface area contributed by atoms with Gasteiger partial charge in [0.05, 0.1) is 18.1 Å². The van der Waals surface area contributed by atoms with Crippen LogP contribution in [0, 0.1) is 0 Å². The Bertz CT molecular complexity index is 921. The van der Waals surface area contributed by atoms with Gasteiger partial charge in [0.1, 0.15) is 11.3 Å². The highest BCUT2D eigenvalue weighted by Crippen LogP contribution is 2.33. The highest BCUT2D eigenvalue weighted by molar-refractivity contribution is 5.78. The summed E-state index contributed by atoms with van der Waals surface area (Å²) >= 11 is 0. The third-order valence-corrected chi connectivity index (χ3v) is 4.96. The Hall–Kier alpha value is -2.96. The van der Waals surface area contributed by atoms with Crippen molar-refractivity contribution in [2.75, 3.05) is 18.9 Å². The average molecular weight is 350 g/mol. The summed E-state index contributed by atoms with van der Waals surface area (Å²) in [5, 5.41) is 11.4. The number of para-hydroxylation sites is 1. The molecule has 1 N–H and O–H groups in total. The molecule has 1 atom stereocenters. The minimum atomic E-state index is 0.130. The second-order valence-corrected chi connectivity index (χ2v) is 6.52. The van der Waals surface area contributed by atoms with E-state index in [-0.39, 0.29) is 11.9 Å². The first-order valence-corrected chi connectivity index (χ1v) is 8.97. The normalized spacial score (nSPS) is 17.0. The van der Waals surface area contributed by atoms with Crippen molar-refractivity contribution in [1.29, 1.82) is 0 Å². The fourth-order valence-corrected chi connectivity index (χ4v) is 3.63. The first kappa shape index (κ1) is 16.5. The van der Waals surface area contributed by atoms with Crippen molar-refractivity contribution in [3.8, 4) is 0 Å². The van der Waals surface area contributed by atoms with Gasteiger partial charge in [-0.25, -0.2) is 9.67 Å². The van der Waals surface area contributed by atoms with E-state index in [9.17, 15) is 4.79 Å². The number of amides is 1. The maximum absolute atomic E-state index is 12.8. The van der Waals surface area contributed by atoms with Crippen LogP contribution >= 0.6 is 0 Å². The van der Waals surface area contributed by atoms with E-state index in [2.05, 4.69) is 20.6 Å². The number of nitrogens with zero attached hydrogens (tertiary/aromatic N) is 5. The molecule has 0 radical (unpaired) electrons. The Balaban J connectivity index is 1.46. The number of carbonyl (C=O) groups excluding carboxylic acids is 1. The lowest BCUT2D eigenvalue weighted by atomic mass is 10.1. The number of fused-ring (bicyclic) bond motifs is 1. The van der Waals surface area contributed by atoms with E-state index in [1.807, 2.05) is 53.0 Å². The number of rotatable bonds is 5. The fourth-order valence-electron chi connectivity index (χ4n) is 3.63. The highest BCUT2D eigenvalue weighted by Gasteiger charge is 2.29. The lowest BCUT2D eigenvalue weighted by molar-refractivity contribution is -0.132. The van der Waals surface area contributed by atoms with Crippen LogP contribution in [0.4, 0.5) is 5.82 Å².